The molecule has 2 nitrogen and oxygen atoms in total. The third kappa shape index (κ3) is 2.50. The van der Waals surface area contributed by atoms with E-state index in [1.807, 2.05) is 30.5 Å². The molecule has 0 aromatic rings. The van der Waals surface area contributed by atoms with Gasteiger partial charge in [-0.25, -0.2) is 0 Å². The van der Waals surface area contributed by atoms with E-state index in [0.717, 1.165) is 30.2 Å². The van der Waals surface area contributed by atoms with E-state index >= 15 is 0 Å². The molecule has 0 spiro atoms. The van der Waals surface area contributed by atoms with Crippen LogP contribution in [0.3, 0.4) is 0 Å². The van der Waals surface area contributed by atoms with Gasteiger partial charge < -0.3 is 4.90 Å². The molecule has 0 aromatic carbocycles. The molecule has 1 aliphatic heterocycles. The van der Waals surface area contributed by atoms with E-state index in [4.69, 9.17) is 0 Å². The van der Waals surface area contributed by atoms with Crippen LogP contribution in [-0.4, -0.2) is 29.0 Å². The number of carbonyl (C=O) groups excluding carboxylic acids is 1. The van der Waals surface area contributed by atoms with Gasteiger partial charge in [-0.05, 0) is 20.3 Å². The molecule has 0 aromatic heterocycles. The highest BCUT2D eigenvalue weighted by molar-refractivity contribution is 7.99. The van der Waals surface area contributed by atoms with Gasteiger partial charge in [0.15, 0.2) is 0 Å². The zero-order valence-corrected chi connectivity index (χ0v) is 9.41. The van der Waals surface area contributed by atoms with E-state index in [2.05, 4.69) is 6.92 Å². The van der Waals surface area contributed by atoms with Crippen molar-refractivity contribution in [1.82, 2.24) is 4.90 Å². The Kier molecular flexibility index (Phi) is 3.85. The van der Waals surface area contributed by atoms with Gasteiger partial charge in [0.05, 0.1) is 5.88 Å². The summed E-state index contributed by atoms with van der Waals surface area (Å²) in [5, 5.41) is 0. The van der Waals surface area contributed by atoms with Crippen molar-refractivity contribution in [2.75, 3.05) is 18.2 Å². The molecule has 1 fully saturated rings. The molecule has 0 atom stereocenters. The number of hydrogen-bond acceptors (Lipinski definition) is 2. The summed E-state index contributed by atoms with van der Waals surface area (Å²) in [5.74, 6) is 2.18. The van der Waals surface area contributed by atoms with Crippen LogP contribution in [0.25, 0.3) is 0 Å². The molecule has 3 heteroatoms. The fraction of sp³-hybridized carbons (Fsp3) is 0.700. The Hall–Kier alpha value is -0.440. The molecule has 1 heterocycles. The first-order chi connectivity index (χ1) is 6.16. The van der Waals surface area contributed by atoms with Crippen molar-refractivity contribution in [1.29, 1.82) is 0 Å². The van der Waals surface area contributed by atoms with Gasteiger partial charge in [0.2, 0.25) is 5.91 Å². The van der Waals surface area contributed by atoms with Crippen molar-refractivity contribution in [3.05, 3.63) is 11.1 Å². The van der Waals surface area contributed by atoms with Crippen LogP contribution in [0, 0.1) is 0 Å². The monoisotopic (exact) mass is 199 g/mol. The van der Waals surface area contributed by atoms with Crippen LogP contribution in [0.4, 0.5) is 0 Å². The third-order valence-electron chi connectivity index (χ3n) is 2.53. The summed E-state index contributed by atoms with van der Waals surface area (Å²) in [7, 11) is 0. The van der Waals surface area contributed by atoms with Gasteiger partial charge in [-0.15, -0.1) is 11.8 Å². The summed E-state index contributed by atoms with van der Waals surface area (Å²) in [6.07, 6.45) is 0.971. The second-order valence-corrected chi connectivity index (χ2v) is 4.44. The highest BCUT2D eigenvalue weighted by Crippen LogP contribution is 2.18. The SMILES string of the molecule is CC/C(C)=C(\C)C(=O)N1CCSC1. The molecule has 1 amide bonds. The van der Waals surface area contributed by atoms with Gasteiger partial charge >= 0.3 is 0 Å². The van der Waals surface area contributed by atoms with E-state index in [1.54, 1.807) is 0 Å². The van der Waals surface area contributed by atoms with Crippen LogP contribution in [0.15, 0.2) is 11.1 Å². The van der Waals surface area contributed by atoms with E-state index in [-0.39, 0.29) is 5.91 Å². The Morgan fingerprint density at radius 2 is 2.15 bits per heavy atom. The van der Waals surface area contributed by atoms with Gasteiger partial charge in [-0.2, -0.15) is 0 Å². The van der Waals surface area contributed by atoms with Crippen LogP contribution in [0.2, 0.25) is 0 Å². The van der Waals surface area contributed by atoms with Gasteiger partial charge in [0.25, 0.3) is 0 Å². The molecule has 0 aliphatic carbocycles. The van der Waals surface area contributed by atoms with Crippen molar-refractivity contribution in [3.63, 3.8) is 0 Å². The quantitative estimate of drug-likeness (QED) is 0.636. The van der Waals surface area contributed by atoms with E-state index < -0.39 is 0 Å². The fourth-order valence-corrected chi connectivity index (χ4v) is 2.20. The average Bonchev–Trinajstić information content (AvgIpc) is 2.67. The third-order valence-corrected chi connectivity index (χ3v) is 3.50. The predicted octanol–water partition coefficient (Wildman–Crippen LogP) is 2.27. The minimum Gasteiger partial charge on any atom is -0.329 e. The van der Waals surface area contributed by atoms with Crippen LogP contribution >= 0.6 is 11.8 Å². The van der Waals surface area contributed by atoms with E-state index in [1.165, 1.54) is 5.57 Å². The maximum absolute atomic E-state index is 11.8. The molecule has 0 unspecified atom stereocenters. The summed E-state index contributed by atoms with van der Waals surface area (Å²) >= 11 is 1.83. The lowest BCUT2D eigenvalue weighted by Gasteiger charge is -2.15. The van der Waals surface area contributed by atoms with Crippen LogP contribution in [0.5, 0.6) is 0 Å². The molecule has 0 N–H and O–H groups in total. The molecular weight excluding hydrogens is 182 g/mol. The van der Waals surface area contributed by atoms with Crippen molar-refractivity contribution in [3.8, 4) is 0 Å². The van der Waals surface area contributed by atoms with Crippen molar-refractivity contribution in [2.45, 2.75) is 27.2 Å². The first-order valence-corrected chi connectivity index (χ1v) is 5.85. The zero-order chi connectivity index (χ0) is 9.84. The van der Waals surface area contributed by atoms with E-state index in [0.29, 0.717) is 0 Å². The number of allylic oxidation sites excluding steroid dienone is 1. The van der Waals surface area contributed by atoms with Gasteiger partial charge in [-0.3, -0.25) is 4.79 Å². The molecule has 1 rings (SSSR count). The number of carbonyl (C=O) groups is 1. The summed E-state index contributed by atoms with van der Waals surface area (Å²) in [5.41, 5.74) is 2.15. The lowest BCUT2D eigenvalue weighted by molar-refractivity contribution is -0.125. The highest BCUT2D eigenvalue weighted by atomic mass is 32.2. The minimum atomic E-state index is 0.226. The molecule has 0 saturated carbocycles. The summed E-state index contributed by atoms with van der Waals surface area (Å²) in [4.78, 5) is 13.7. The largest absolute Gasteiger partial charge is 0.329 e. The smallest absolute Gasteiger partial charge is 0.250 e. The van der Waals surface area contributed by atoms with Crippen LogP contribution < -0.4 is 0 Å². The number of hydrogen-bond donors (Lipinski definition) is 0. The van der Waals surface area contributed by atoms with Crippen LogP contribution in [-0.2, 0) is 4.79 Å². The Balaban J connectivity index is 2.66. The molecule has 74 valence electrons. The molecule has 0 radical (unpaired) electrons. The van der Waals surface area contributed by atoms with Gasteiger partial charge in [0.1, 0.15) is 0 Å². The molecule has 0 bridgehead atoms. The lowest BCUT2D eigenvalue weighted by Crippen LogP contribution is -2.28. The standard InChI is InChI=1S/C10H17NOS/c1-4-8(2)9(3)10(12)11-5-6-13-7-11/h4-7H2,1-3H3/b9-8+. The van der Waals surface area contributed by atoms with Gasteiger partial charge in [0, 0.05) is 17.9 Å². The molecule has 1 aliphatic rings. The topological polar surface area (TPSA) is 20.3 Å². The second-order valence-electron chi connectivity index (χ2n) is 3.36. The molecular formula is C10H17NOS. The first kappa shape index (κ1) is 10.6. The lowest BCUT2D eigenvalue weighted by atomic mass is 10.1. The highest BCUT2D eigenvalue weighted by Gasteiger charge is 2.19. The van der Waals surface area contributed by atoms with Crippen molar-refractivity contribution < 1.29 is 4.79 Å². The van der Waals surface area contributed by atoms with Gasteiger partial charge in [-0.1, -0.05) is 12.5 Å². The summed E-state index contributed by atoms with van der Waals surface area (Å²) in [6.45, 7) is 6.98. The zero-order valence-electron chi connectivity index (χ0n) is 8.59. The fourth-order valence-electron chi connectivity index (χ4n) is 1.26. The summed E-state index contributed by atoms with van der Waals surface area (Å²) < 4.78 is 0. The van der Waals surface area contributed by atoms with Crippen molar-refractivity contribution >= 4 is 17.7 Å². The normalized spacial score (nSPS) is 18.8. The van der Waals surface area contributed by atoms with Crippen molar-refractivity contribution in [2.24, 2.45) is 0 Å². The first-order valence-electron chi connectivity index (χ1n) is 4.70. The summed E-state index contributed by atoms with van der Waals surface area (Å²) in [6, 6.07) is 0. The molecule has 1 saturated heterocycles. The Bertz CT molecular complexity index is 229. The van der Waals surface area contributed by atoms with E-state index in [9.17, 15) is 4.79 Å². The Labute approximate surface area is 84.4 Å². The minimum absolute atomic E-state index is 0.226. The maximum atomic E-state index is 11.8. The number of rotatable bonds is 2. The number of nitrogens with zero attached hydrogens (tertiary/aromatic N) is 1. The Morgan fingerprint density at radius 1 is 1.46 bits per heavy atom. The Morgan fingerprint density at radius 3 is 2.62 bits per heavy atom. The predicted molar refractivity (Wildman–Crippen MR) is 57.7 cm³/mol. The molecule has 13 heavy (non-hydrogen) atoms. The van der Waals surface area contributed by atoms with Crippen LogP contribution in [0.1, 0.15) is 27.2 Å². The number of amides is 1. The number of thioether (sulfide) groups is 1. The average molecular weight is 199 g/mol. The maximum Gasteiger partial charge on any atom is 0.250 e. The second kappa shape index (κ2) is 4.70.